The smallest absolute Gasteiger partial charge is 0.301 e. The van der Waals surface area contributed by atoms with Crippen molar-refractivity contribution in [2.75, 3.05) is 18.1 Å². The van der Waals surface area contributed by atoms with Gasteiger partial charge in [-0.15, -0.1) is 10.2 Å². The predicted molar refractivity (Wildman–Crippen MR) is 155 cm³/mol. The molecule has 0 aliphatic carbocycles. The van der Waals surface area contributed by atoms with Crippen LogP contribution in [0.4, 0.5) is 9.52 Å². The fourth-order valence-electron chi connectivity index (χ4n) is 4.47. The van der Waals surface area contributed by atoms with E-state index in [1.54, 1.807) is 30.3 Å². The molecule has 0 bridgehead atoms. The van der Waals surface area contributed by atoms with Crippen molar-refractivity contribution in [2.24, 2.45) is 0 Å². The third-order valence-corrected chi connectivity index (χ3v) is 9.11. The molecule has 0 radical (unpaired) electrons. The molecule has 1 saturated heterocycles. The number of halogens is 3. The van der Waals surface area contributed by atoms with E-state index in [2.05, 4.69) is 10.2 Å². The number of carbonyl (C=O) groups excluding carboxylic acids is 2. The van der Waals surface area contributed by atoms with Crippen LogP contribution in [0, 0.1) is 5.82 Å². The monoisotopic (exact) mass is 629 g/mol. The molecule has 2 aliphatic heterocycles. The molecular weight excluding hydrogens is 612 g/mol. The van der Waals surface area contributed by atoms with E-state index < -0.39 is 29.3 Å². The van der Waals surface area contributed by atoms with E-state index in [0.717, 1.165) is 16.9 Å². The van der Waals surface area contributed by atoms with Crippen molar-refractivity contribution in [2.45, 2.75) is 16.1 Å². The molecule has 4 aromatic rings. The Labute approximate surface area is 251 Å². The topological polar surface area (TPSA) is 102 Å². The number of ether oxygens (including phenoxy) is 2. The van der Waals surface area contributed by atoms with Crippen LogP contribution < -0.4 is 14.4 Å². The first-order valence-electron chi connectivity index (χ1n) is 12.2. The fourth-order valence-corrected chi connectivity index (χ4v) is 6.90. The summed E-state index contributed by atoms with van der Waals surface area (Å²) in [5.74, 6) is -1.34. The van der Waals surface area contributed by atoms with Crippen LogP contribution in [0.5, 0.6) is 11.5 Å². The number of carbonyl (C=O) groups is 2. The molecule has 1 unspecified atom stereocenters. The highest BCUT2D eigenvalue weighted by Crippen LogP contribution is 2.45. The summed E-state index contributed by atoms with van der Waals surface area (Å²) in [6.07, 6.45) is 0. The Bertz CT molecular complexity index is 1710. The number of ketones is 1. The molecule has 3 aromatic carbocycles. The van der Waals surface area contributed by atoms with Crippen molar-refractivity contribution in [1.29, 1.82) is 0 Å². The molecule has 41 heavy (non-hydrogen) atoms. The Balaban J connectivity index is 1.37. The highest BCUT2D eigenvalue weighted by molar-refractivity contribution is 8.00. The van der Waals surface area contributed by atoms with Crippen molar-refractivity contribution in [3.05, 3.63) is 98.8 Å². The molecule has 1 amide bonds. The predicted octanol–water partition coefficient (Wildman–Crippen LogP) is 6.67. The first-order valence-corrected chi connectivity index (χ1v) is 14.7. The average Bonchev–Trinajstić information content (AvgIpc) is 3.54. The van der Waals surface area contributed by atoms with Crippen molar-refractivity contribution in [1.82, 2.24) is 10.2 Å². The number of hydrogen-bond donors (Lipinski definition) is 1. The van der Waals surface area contributed by atoms with Crippen LogP contribution in [0.2, 0.25) is 10.0 Å². The fraction of sp³-hybridized carbons (Fsp3) is 0.143. The normalized spacial score (nSPS) is 17.7. The summed E-state index contributed by atoms with van der Waals surface area (Å²) in [6, 6.07) is 14.2. The van der Waals surface area contributed by atoms with Crippen molar-refractivity contribution in [3.8, 4) is 11.5 Å². The largest absolute Gasteiger partial charge is 0.507 e. The van der Waals surface area contributed by atoms with Gasteiger partial charge in [-0.3, -0.25) is 14.5 Å². The zero-order chi connectivity index (χ0) is 28.7. The van der Waals surface area contributed by atoms with Gasteiger partial charge in [0.25, 0.3) is 5.78 Å². The van der Waals surface area contributed by atoms with Gasteiger partial charge in [-0.25, -0.2) is 4.39 Å². The van der Waals surface area contributed by atoms with Crippen LogP contribution in [0.15, 0.2) is 70.6 Å². The Hall–Kier alpha value is -3.64. The maximum atomic E-state index is 13.8. The minimum Gasteiger partial charge on any atom is -0.507 e. The van der Waals surface area contributed by atoms with Crippen LogP contribution in [-0.2, 0) is 15.3 Å². The summed E-state index contributed by atoms with van der Waals surface area (Å²) in [5, 5.41) is 20.9. The molecule has 1 aromatic heterocycles. The quantitative estimate of drug-likeness (QED) is 0.0829. The lowest BCUT2D eigenvalue weighted by molar-refractivity contribution is -0.132. The lowest BCUT2D eigenvalue weighted by Crippen LogP contribution is -2.29. The molecule has 2 aliphatic rings. The minimum atomic E-state index is -1.08. The molecule has 6 rings (SSSR count). The molecule has 1 fully saturated rings. The van der Waals surface area contributed by atoms with Gasteiger partial charge >= 0.3 is 5.91 Å². The van der Waals surface area contributed by atoms with Crippen LogP contribution in [0.25, 0.3) is 5.76 Å². The second-order valence-electron chi connectivity index (χ2n) is 8.95. The van der Waals surface area contributed by atoms with Gasteiger partial charge in [0, 0.05) is 21.4 Å². The lowest BCUT2D eigenvalue weighted by atomic mass is 9.95. The summed E-state index contributed by atoms with van der Waals surface area (Å²) in [5.41, 5.74) is 1.33. The molecular formula is C28H18Cl2FN3O5S2. The number of benzene rings is 3. The summed E-state index contributed by atoms with van der Waals surface area (Å²) in [4.78, 5) is 28.0. The maximum Gasteiger partial charge on any atom is 0.301 e. The van der Waals surface area contributed by atoms with E-state index in [4.69, 9.17) is 32.7 Å². The van der Waals surface area contributed by atoms with E-state index in [1.165, 1.54) is 40.9 Å². The van der Waals surface area contributed by atoms with Gasteiger partial charge in [0.2, 0.25) is 5.13 Å². The van der Waals surface area contributed by atoms with Gasteiger partial charge < -0.3 is 14.6 Å². The Morgan fingerprint density at radius 1 is 1.02 bits per heavy atom. The highest BCUT2D eigenvalue weighted by atomic mass is 35.5. The SMILES string of the molecule is O=C1C(=O)N(c2nnc(SCc3ccc(Cl)cc3Cl)s2)C(c2ccc(F)cc2)/C1=C(\O)c1ccc2c(c1)OCCO2. The minimum absolute atomic E-state index is 0.146. The molecule has 0 saturated carbocycles. The number of fused-ring (bicyclic) bond motifs is 1. The number of amides is 1. The van der Waals surface area contributed by atoms with Crippen molar-refractivity contribution < 1.29 is 28.6 Å². The molecule has 1 atom stereocenters. The van der Waals surface area contributed by atoms with Gasteiger partial charge in [-0.1, -0.05) is 64.5 Å². The third-order valence-electron chi connectivity index (χ3n) is 6.41. The summed E-state index contributed by atoms with van der Waals surface area (Å²) < 4.78 is 25.5. The van der Waals surface area contributed by atoms with Gasteiger partial charge in [0.1, 0.15) is 24.8 Å². The Morgan fingerprint density at radius 3 is 2.54 bits per heavy atom. The van der Waals surface area contributed by atoms with Gasteiger partial charge in [-0.05, 0) is 53.6 Å². The van der Waals surface area contributed by atoms with E-state index >= 15 is 0 Å². The number of anilines is 1. The third kappa shape index (κ3) is 5.38. The van der Waals surface area contributed by atoms with Crippen molar-refractivity contribution >= 4 is 68.9 Å². The molecule has 1 N–H and O–H groups in total. The van der Waals surface area contributed by atoms with Crippen LogP contribution >= 0.6 is 46.3 Å². The summed E-state index contributed by atoms with van der Waals surface area (Å²) in [7, 11) is 0. The zero-order valence-electron chi connectivity index (χ0n) is 20.8. The van der Waals surface area contributed by atoms with E-state index in [9.17, 15) is 19.1 Å². The average molecular weight is 631 g/mol. The number of hydrogen-bond acceptors (Lipinski definition) is 9. The van der Waals surface area contributed by atoms with Gasteiger partial charge in [-0.2, -0.15) is 0 Å². The van der Waals surface area contributed by atoms with Crippen molar-refractivity contribution in [3.63, 3.8) is 0 Å². The van der Waals surface area contributed by atoms with E-state index in [1.807, 2.05) is 6.07 Å². The summed E-state index contributed by atoms with van der Waals surface area (Å²) in [6.45, 7) is 0.724. The van der Waals surface area contributed by atoms with Gasteiger partial charge in [0.05, 0.1) is 11.6 Å². The van der Waals surface area contributed by atoms with E-state index in [0.29, 0.717) is 50.4 Å². The first-order chi connectivity index (χ1) is 19.8. The molecule has 208 valence electrons. The maximum absolute atomic E-state index is 13.8. The molecule has 13 heteroatoms. The number of thioether (sulfide) groups is 1. The summed E-state index contributed by atoms with van der Waals surface area (Å²) >= 11 is 14.7. The number of nitrogens with zero attached hydrogens (tertiary/aromatic N) is 3. The number of aliphatic hydroxyl groups excluding tert-OH is 1. The number of aromatic nitrogens is 2. The molecule has 8 nitrogen and oxygen atoms in total. The zero-order valence-corrected chi connectivity index (χ0v) is 24.0. The first kappa shape index (κ1) is 27.5. The van der Waals surface area contributed by atoms with Crippen LogP contribution in [0.3, 0.4) is 0 Å². The van der Waals surface area contributed by atoms with Crippen LogP contribution in [0.1, 0.15) is 22.7 Å². The molecule has 3 heterocycles. The molecule has 0 spiro atoms. The standard InChI is InChI=1S/C28H18Cl2FN3O5S2/c29-17-5-1-16(19(30)12-17)13-40-28-33-32-27(41-28)34-23(14-2-6-18(31)7-3-14)22(25(36)26(34)37)24(35)15-4-8-20-21(11-15)39-10-9-38-20/h1-8,11-12,23,35H,9-10,13H2/b24-22+. The lowest BCUT2D eigenvalue weighted by Gasteiger charge is -2.23. The second kappa shape index (κ2) is 11.3. The van der Waals surface area contributed by atoms with Crippen LogP contribution in [-0.4, -0.2) is 40.2 Å². The highest BCUT2D eigenvalue weighted by Gasteiger charge is 2.48. The van der Waals surface area contributed by atoms with Gasteiger partial charge in [0.15, 0.2) is 15.8 Å². The number of rotatable bonds is 6. The second-order valence-corrected chi connectivity index (χ2v) is 12.0. The Kier molecular flexibility index (Phi) is 7.60. The van der Waals surface area contributed by atoms with E-state index in [-0.39, 0.29) is 16.3 Å². The number of Topliss-reactive ketones (excluding diaryl/α,β-unsaturated/α-hetero) is 1. The Morgan fingerprint density at radius 2 is 1.78 bits per heavy atom. The number of aliphatic hydroxyl groups is 1.